The highest BCUT2D eigenvalue weighted by atomic mass is 79.9. The van der Waals surface area contributed by atoms with Gasteiger partial charge in [-0.2, -0.15) is 0 Å². The van der Waals surface area contributed by atoms with Crippen molar-refractivity contribution in [3.8, 4) is 0 Å². The van der Waals surface area contributed by atoms with Crippen LogP contribution in [0.4, 0.5) is 4.39 Å². The molecular formula is C22H28BrFO4. The molecule has 0 radical (unpaired) electrons. The number of ketones is 2. The summed E-state index contributed by atoms with van der Waals surface area (Å²) in [7, 11) is 0. The number of carbonyl (C=O) groups is 3. The Bertz CT molecular complexity index is 749. The molecule has 4 aliphatic rings. The first-order valence-electron chi connectivity index (χ1n) is 10.4. The average molecular weight is 455 g/mol. The van der Waals surface area contributed by atoms with E-state index in [2.05, 4.69) is 22.9 Å². The summed E-state index contributed by atoms with van der Waals surface area (Å²) in [6.45, 7) is 3.27. The molecule has 0 bridgehead atoms. The first-order valence-corrected chi connectivity index (χ1v) is 11.3. The minimum atomic E-state index is -1.28. The van der Waals surface area contributed by atoms with E-state index >= 15 is 4.39 Å². The van der Waals surface area contributed by atoms with Gasteiger partial charge >= 0.3 is 5.97 Å². The third kappa shape index (κ3) is 3.01. The van der Waals surface area contributed by atoms with Crippen molar-refractivity contribution in [2.24, 2.45) is 29.1 Å². The molecule has 0 heterocycles. The molecule has 7 atom stereocenters. The van der Waals surface area contributed by atoms with E-state index < -0.39 is 11.6 Å². The van der Waals surface area contributed by atoms with Gasteiger partial charge in [0.15, 0.2) is 11.6 Å². The van der Waals surface area contributed by atoms with E-state index in [-0.39, 0.29) is 52.1 Å². The Morgan fingerprint density at radius 2 is 2.00 bits per heavy atom. The zero-order valence-electron chi connectivity index (χ0n) is 16.5. The molecule has 6 heteroatoms. The van der Waals surface area contributed by atoms with Gasteiger partial charge in [0.1, 0.15) is 12.3 Å². The summed E-state index contributed by atoms with van der Waals surface area (Å²) >= 11 is 3.73. The van der Waals surface area contributed by atoms with Gasteiger partial charge in [0.25, 0.3) is 0 Å². The molecule has 4 nitrogen and oxygen atoms in total. The van der Waals surface area contributed by atoms with Crippen molar-refractivity contribution in [2.45, 2.75) is 69.3 Å². The van der Waals surface area contributed by atoms with Crippen LogP contribution in [0.5, 0.6) is 0 Å². The number of halogens is 2. The highest BCUT2D eigenvalue weighted by Crippen LogP contribution is 2.66. The van der Waals surface area contributed by atoms with Gasteiger partial charge in [0.2, 0.25) is 0 Å². The number of fused-ring (bicyclic) bond motifs is 5. The van der Waals surface area contributed by atoms with Crippen LogP contribution < -0.4 is 0 Å². The number of esters is 1. The standard InChI is InChI=1S/C22H28BrFO4/c1-12(25)28-11-20(27)17-6-5-16-18-10-19(23)14-9-13(26)3-4-15(14)22(18,24)8-7-21(16,17)2/h9,15-19H,3-8,10-11H2,1-2H3/t15-,16-,17+,18-,19-,21-,22-/m0/s1. The maximum atomic E-state index is 16.5. The molecular weight excluding hydrogens is 427 g/mol. The van der Waals surface area contributed by atoms with Crippen LogP contribution >= 0.6 is 15.9 Å². The SMILES string of the molecule is CC(=O)OCC(=O)[C@H]1CC[C@H]2[C@@H]3C[C@H](Br)C4=CC(=O)CC[C@@H]4[C@@]3(F)CC[C@]12C. The van der Waals surface area contributed by atoms with E-state index in [1.165, 1.54) is 6.92 Å². The summed E-state index contributed by atoms with van der Waals surface area (Å²) in [5.41, 5.74) is -0.580. The Morgan fingerprint density at radius 3 is 2.71 bits per heavy atom. The van der Waals surface area contributed by atoms with Gasteiger partial charge < -0.3 is 4.74 Å². The first kappa shape index (κ1) is 20.2. The van der Waals surface area contributed by atoms with Crippen LogP contribution in [0.15, 0.2) is 11.6 Å². The average Bonchev–Trinajstić information content (AvgIpc) is 2.99. The molecule has 0 unspecified atom stereocenters. The van der Waals surface area contributed by atoms with E-state index in [0.717, 1.165) is 18.4 Å². The quantitative estimate of drug-likeness (QED) is 0.469. The van der Waals surface area contributed by atoms with Crippen LogP contribution in [0.25, 0.3) is 0 Å². The topological polar surface area (TPSA) is 60.4 Å². The van der Waals surface area contributed by atoms with Crippen molar-refractivity contribution in [3.63, 3.8) is 0 Å². The molecule has 4 rings (SSSR count). The lowest BCUT2D eigenvalue weighted by atomic mass is 9.49. The highest BCUT2D eigenvalue weighted by molar-refractivity contribution is 9.09. The lowest BCUT2D eigenvalue weighted by Crippen LogP contribution is -2.58. The molecule has 0 aromatic carbocycles. The number of allylic oxidation sites excluding steroid dienone is 1. The normalized spacial score (nSPS) is 44.8. The Hall–Kier alpha value is -1.04. The smallest absolute Gasteiger partial charge is 0.303 e. The minimum Gasteiger partial charge on any atom is -0.458 e. The second kappa shape index (κ2) is 7.03. The highest BCUT2D eigenvalue weighted by Gasteiger charge is 2.65. The van der Waals surface area contributed by atoms with Gasteiger partial charge in [-0.1, -0.05) is 22.9 Å². The van der Waals surface area contributed by atoms with Crippen LogP contribution in [0.3, 0.4) is 0 Å². The van der Waals surface area contributed by atoms with E-state index in [1.807, 2.05) is 0 Å². The van der Waals surface area contributed by atoms with Gasteiger partial charge in [0, 0.05) is 30.0 Å². The molecule has 0 saturated heterocycles. The number of ether oxygens (including phenoxy) is 1. The molecule has 0 N–H and O–H groups in total. The number of Topliss-reactive ketones (excluding diaryl/α,β-unsaturated/α-hetero) is 1. The Labute approximate surface area is 173 Å². The summed E-state index contributed by atoms with van der Waals surface area (Å²) in [5, 5.41) is 0. The number of rotatable bonds is 3. The van der Waals surface area contributed by atoms with Gasteiger partial charge in [0.05, 0.1) is 0 Å². The first-order chi connectivity index (χ1) is 13.2. The van der Waals surface area contributed by atoms with Crippen LogP contribution in [0.1, 0.15) is 58.8 Å². The number of hydrogen-bond donors (Lipinski definition) is 0. The predicted octanol–water partition coefficient (Wildman–Crippen LogP) is 4.34. The summed E-state index contributed by atoms with van der Waals surface area (Å²) in [5.74, 6) is -0.667. The van der Waals surface area contributed by atoms with Crippen LogP contribution in [0.2, 0.25) is 0 Å². The number of alkyl halides is 2. The molecule has 4 aliphatic carbocycles. The van der Waals surface area contributed by atoms with Gasteiger partial charge in [-0.3, -0.25) is 14.4 Å². The maximum absolute atomic E-state index is 16.5. The molecule has 154 valence electrons. The van der Waals surface area contributed by atoms with Crippen molar-refractivity contribution < 1.29 is 23.5 Å². The zero-order chi connectivity index (χ0) is 20.3. The molecule has 0 amide bonds. The summed E-state index contributed by atoms with van der Waals surface area (Å²) < 4.78 is 21.5. The molecule has 3 fully saturated rings. The Balaban J connectivity index is 1.60. The fourth-order valence-electron chi connectivity index (χ4n) is 6.86. The van der Waals surface area contributed by atoms with Crippen molar-refractivity contribution in [2.75, 3.05) is 6.61 Å². The van der Waals surface area contributed by atoms with Crippen molar-refractivity contribution >= 4 is 33.5 Å². The Morgan fingerprint density at radius 1 is 1.25 bits per heavy atom. The third-order valence-electron chi connectivity index (χ3n) is 8.18. The minimum absolute atomic E-state index is 0.0263. The Kier molecular flexibility index (Phi) is 5.08. The van der Waals surface area contributed by atoms with Gasteiger partial charge in [-0.15, -0.1) is 0 Å². The maximum Gasteiger partial charge on any atom is 0.303 e. The fraction of sp³-hybridized carbons (Fsp3) is 0.773. The second-order valence-corrected chi connectivity index (χ2v) is 10.5. The number of carbonyl (C=O) groups excluding carboxylic acids is 3. The summed E-state index contributed by atoms with van der Waals surface area (Å²) in [6, 6.07) is 0. The van der Waals surface area contributed by atoms with Gasteiger partial charge in [-0.05, 0) is 67.4 Å². The molecule has 28 heavy (non-hydrogen) atoms. The van der Waals surface area contributed by atoms with Crippen molar-refractivity contribution in [1.29, 1.82) is 0 Å². The van der Waals surface area contributed by atoms with Crippen molar-refractivity contribution in [3.05, 3.63) is 11.6 Å². The predicted molar refractivity (Wildman–Crippen MR) is 106 cm³/mol. The molecule has 0 aliphatic heterocycles. The largest absolute Gasteiger partial charge is 0.458 e. The summed E-state index contributed by atoms with van der Waals surface area (Å²) in [6.07, 6.45) is 6.08. The van der Waals surface area contributed by atoms with Crippen LogP contribution in [-0.2, 0) is 19.1 Å². The van der Waals surface area contributed by atoms with E-state index in [4.69, 9.17) is 4.74 Å². The molecule has 0 spiro atoms. The van der Waals surface area contributed by atoms with Crippen molar-refractivity contribution in [1.82, 2.24) is 0 Å². The third-order valence-corrected chi connectivity index (χ3v) is 9.08. The van der Waals surface area contributed by atoms with Gasteiger partial charge in [-0.25, -0.2) is 4.39 Å². The second-order valence-electron chi connectivity index (χ2n) is 9.43. The monoisotopic (exact) mass is 454 g/mol. The molecule has 0 aromatic heterocycles. The number of hydrogen-bond acceptors (Lipinski definition) is 4. The zero-order valence-corrected chi connectivity index (χ0v) is 18.1. The van der Waals surface area contributed by atoms with E-state index in [1.54, 1.807) is 6.08 Å². The molecule has 0 aromatic rings. The van der Waals surface area contributed by atoms with Crippen LogP contribution in [0, 0.1) is 29.1 Å². The van der Waals surface area contributed by atoms with Crippen LogP contribution in [-0.4, -0.2) is 34.6 Å². The molecule has 3 saturated carbocycles. The lowest BCUT2D eigenvalue weighted by molar-refractivity contribution is -0.151. The van der Waals surface area contributed by atoms with E-state index in [9.17, 15) is 14.4 Å². The van der Waals surface area contributed by atoms with E-state index in [0.29, 0.717) is 32.1 Å². The lowest BCUT2D eigenvalue weighted by Gasteiger charge is -2.58. The summed E-state index contributed by atoms with van der Waals surface area (Å²) in [4.78, 5) is 35.8. The fourth-order valence-corrected chi connectivity index (χ4v) is 7.71.